The molecule has 0 aliphatic rings. The molecule has 1 unspecified atom stereocenters. The summed E-state index contributed by atoms with van der Waals surface area (Å²) in [6.45, 7) is 7.34. The van der Waals surface area contributed by atoms with Crippen molar-refractivity contribution in [1.82, 2.24) is 4.90 Å². The molecule has 1 atom stereocenters. The molecular weight excluding hydrogens is 282 g/mol. The average Bonchev–Trinajstić information content (AvgIpc) is 2.48. The van der Waals surface area contributed by atoms with E-state index in [1.54, 1.807) is 0 Å². The van der Waals surface area contributed by atoms with E-state index in [0.29, 0.717) is 5.02 Å². The second kappa shape index (κ2) is 11.1. The lowest BCUT2D eigenvalue weighted by Crippen LogP contribution is -2.30. The molecule has 1 aromatic rings. The molecule has 0 saturated heterocycles. The average molecular weight is 312 g/mol. The van der Waals surface area contributed by atoms with Gasteiger partial charge in [0.25, 0.3) is 0 Å². The van der Waals surface area contributed by atoms with Gasteiger partial charge in [0.1, 0.15) is 0 Å². The van der Waals surface area contributed by atoms with Crippen LogP contribution in [0.15, 0.2) is 24.3 Å². The molecule has 0 aliphatic carbocycles. The highest BCUT2D eigenvalue weighted by Crippen LogP contribution is 2.18. The first kappa shape index (κ1) is 18.5. The van der Waals surface area contributed by atoms with Gasteiger partial charge in [-0.3, -0.25) is 0 Å². The van der Waals surface area contributed by atoms with Gasteiger partial charge in [0.05, 0.1) is 6.10 Å². The van der Waals surface area contributed by atoms with Gasteiger partial charge >= 0.3 is 0 Å². The summed E-state index contributed by atoms with van der Waals surface area (Å²) in [5.74, 6) is 0. The maximum atomic E-state index is 10.4. The van der Waals surface area contributed by atoms with E-state index in [2.05, 4.69) is 18.7 Å². The van der Waals surface area contributed by atoms with Gasteiger partial charge in [-0.25, -0.2) is 0 Å². The van der Waals surface area contributed by atoms with E-state index in [4.69, 9.17) is 11.6 Å². The van der Waals surface area contributed by atoms with Gasteiger partial charge in [-0.05, 0) is 43.6 Å². The van der Waals surface area contributed by atoms with Crippen LogP contribution in [0.3, 0.4) is 0 Å². The number of hydrogen-bond donors (Lipinski definition) is 1. The Morgan fingerprint density at radius 2 is 1.48 bits per heavy atom. The van der Waals surface area contributed by atoms with Crippen molar-refractivity contribution >= 4 is 11.6 Å². The molecule has 120 valence electrons. The maximum absolute atomic E-state index is 10.4. The van der Waals surface area contributed by atoms with Crippen LogP contribution < -0.4 is 0 Å². The van der Waals surface area contributed by atoms with Crippen molar-refractivity contribution in [3.63, 3.8) is 0 Å². The predicted octanol–water partition coefficient (Wildman–Crippen LogP) is 5.06. The SMILES string of the molecule is CCCCCN(CCCCC)CC(O)c1ccc(Cl)cc1. The molecule has 0 radical (unpaired) electrons. The highest BCUT2D eigenvalue weighted by molar-refractivity contribution is 6.30. The number of nitrogens with zero attached hydrogens (tertiary/aromatic N) is 1. The van der Waals surface area contributed by atoms with Crippen molar-refractivity contribution in [2.45, 2.75) is 58.5 Å². The molecule has 2 nitrogen and oxygen atoms in total. The van der Waals surface area contributed by atoms with Crippen LogP contribution in [-0.2, 0) is 0 Å². The molecule has 0 heterocycles. The Morgan fingerprint density at radius 1 is 0.952 bits per heavy atom. The van der Waals surface area contributed by atoms with E-state index in [-0.39, 0.29) is 0 Å². The fourth-order valence-electron chi connectivity index (χ4n) is 2.50. The van der Waals surface area contributed by atoms with Crippen molar-refractivity contribution in [1.29, 1.82) is 0 Å². The van der Waals surface area contributed by atoms with Crippen LogP contribution in [0.2, 0.25) is 5.02 Å². The van der Waals surface area contributed by atoms with E-state index in [1.165, 1.54) is 38.5 Å². The molecule has 0 saturated carbocycles. The van der Waals surface area contributed by atoms with Crippen LogP contribution in [-0.4, -0.2) is 29.6 Å². The Morgan fingerprint density at radius 3 is 1.95 bits per heavy atom. The van der Waals surface area contributed by atoms with E-state index >= 15 is 0 Å². The summed E-state index contributed by atoms with van der Waals surface area (Å²) in [4.78, 5) is 2.41. The summed E-state index contributed by atoms with van der Waals surface area (Å²) in [5, 5.41) is 11.1. The normalized spacial score (nSPS) is 12.8. The Labute approximate surface area is 135 Å². The summed E-state index contributed by atoms with van der Waals surface area (Å²) in [6.07, 6.45) is 7.02. The summed E-state index contributed by atoms with van der Waals surface area (Å²) in [6, 6.07) is 7.53. The van der Waals surface area contributed by atoms with Crippen LogP contribution >= 0.6 is 11.6 Å². The zero-order valence-electron chi connectivity index (χ0n) is 13.5. The molecule has 1 aromatic carbocycles. The summed E-state index contributed by atoms with van der Waals surface area (Å²) >= 11 is 5.90. The number of aliphatic hydroxyl groups is 1. The molecule has 0 fully saturated rings. The summed E-state index contributed by atoms with van der Waals surface area (Å²) in [5.41, 5.74) is 0.954. The standard InChI is InChI=1S/C18H30ClNO/c1-3-5-7-13-20(14-8-6-4-2)15-18(21)16-9-11-17(19)12-10-16/h9-12,18,21H,3-8,13-15H2,1-2H3. The first-order valence-corrected chi connectivity index (χ1v) is 8.71. The molecule has 1 rings (SSSR count). The Balaban J connectivity index is 2.49. The number of aliphatic hydroxyl groups excluding tert-OH is 1. The number of benzene rings is 1. The van der Waals surface area contributed by atoms with E-state index in [1.807, 2.05) is 24.3 Å². The van der Waals surface area contributed by atoms with Gasteiger partial charge in [0.2, 0.25) is 0 Å². The summed E-state index contributed by atoms with van der Waals surface area (Å²) < 4.78 is 0. The lowest BCUT2D eigenvalue weighted by molar-refractivity contribution is 0.110. The van der Waals surface area contributed by atoms with E-state index in [9.17, 15) is 5.11 Å². The van der Waals surface area contributed by atoms with Gasteiger partial charge in [0, 0.05) is 11.6 Å². The minimum Gasteiger partial charge on any atom is -0.387 e. The van der Waals surface area contributed by atoms with Crippen LogP contribution in [0, 0.1) is 0 Å². The Bertz CT molecular complexity index is 356. The second-order valence-electron chi connectivity index (χ2n) is 5.78. The van der Waals surface area contributed by atoms with Gasteiger partial charge in [0.15, 0.2) is 0 Å². The van der Waals surface area contributed by atoms with Crippen LogP contribution in [0.5, 0.6) is 0 Å². The van der Waals surface area contributed by atoms with Gasteiger partial charge < -0.3 is 10.0 Å². The minimum absolute atomic E-state index is 0.425. The Hall–Kier alpha value is -0.570. The van der Waals surface area contributed by atoms with Crippen molar-refractivity contribution in [3.05, 3.63) is 34.9 Å². The van der Waals surface area contributed by atoms with Gasteiger partial charge in [-0.2, -0.15) is 0 Å². The number of unbranched alkanes of at least 4 members (excludes halogenated alkanes) is 4. The highest BCUT2D eigenvalue weighted by Gasteiger charge is 2.13. The first-order valence-electron chi connectivity index (χ1n) is 8.33. The smallest absolute Gasteiger partial charge is 0.0916 e. The number of hydrogen-bond acceptors (Lipinski definition) is 2. The second-order valence-corrected chi connectivity index (χ2v) is 6.22. The molecule has 3 heteroatoms. The third kappa shape index (κ3) is 7.85. The lowest BCUT2D eigenvalue weighted by atomic mass is 10.1. The lowest BCUT2D eigenvalue weighted by Gasteiger charge is -2.25. The molecule has 0 bridgehead atoms. The van der Waals surface area contributed by atoms with Crippen LogP contribution in [0.25, 0.3) is 0 Å². The molecule has 0 aliphatic heterocycles. The zero-order chi connectivity index (χ0) is 15.5. The number of halogens is 1. The highest BCUT2D eigenvalue weighted by atomic mass is 35.5. The van der Waals surface area contributed by atoms with Gasteiger partial charge in [-0.15, -0.1) is 0 Å². The van der Waals surface area contributed by atoms with E-state index in [0.717, 1.165) is 25.2 Å². The Kier molecular flexibility index (Phi) is 9.73. The third-order valence-electron chi connectivity index (χ3n) is 3.84. The predicted molar refractivity (Wildman–Crippen MR) is 91.9 cm³/mol. The fraction of sp³-hybridized carbons (Fsp3) is 0.667. The van der Waals surface area contributed by atoms with Crippen LogP contribution in [0.1, 0.15) is 64.0 Å². The largest absolute Gasteiger partial charge is 0.387 e. The van der Waals surface area contributed by atoms with Crippen LogP contribution in [0.4, 0.5) is 0 Å². The van der Waals surface area contributed by atoms with Crippen molar-refractivity contribution in [3.8, 4) is 0 Å². The molecule has 0 spiro atoms. The summed E-state index contributed by atoms with van der Waals surface area (Å²) in [7, 11) is 0. The zero-order valence-corrected chi connectivity index (χ0v) is 14.3. The fourth-order valence-corrected chi connectivity index (χ4v) is 2.63. The molecule has 0 aromatic heterocycles. The molecular formula is C18H30ClNO. The monoisotopic (exact) mass is 311 g/mol. The van der Waals surface area contributed by atoms with Crippen molar-refractivity contribution < 1.29 is 5.11 Å². The van der Waals surface area contributed by atoms with E-state index < -0.39 is 6.10 Å². The molecule has 0 amide bonds. The van der Waals surface area contributed by atoms with Crippen molar-refractivity contribution in [2.75, 3.05) is 19.6 Å². The van der Waals surface area contributed by atoms with Gasteiger partial charge in [-0.1, -0.05) is 63.3 Å². The number of rotatable bonds is 11. The molecule has 1 N–H and O–H groups in total. The third-order valence-corrected chi connectivity index (χ3v) is 4.09. The first-order chi connectivity index (χ1) is 10.2. The quantitative estimate of drug-likeness (QED) is 0.578. The maximum Gasteiger partial charge on any atom is 0.0916 e. The van der Waals surface area contributed by atoms with Crippen molar-refractivity contribution in [2.24, 2.45) is 0 Å². The minimum atomic E-state index is -0.425. The topological polar surface area (TPSA) is 23.5 Å². The molecule has 21 heavy (non-hydrogen) atoms.